The van der Waals surface area contributed by atoms with Crippen molar-refractivity contribution >= 4 is 18.3 Å². The normalized spacial score (nSPS) is 16.4. The molecule has 1 aliphatic rings. The summed E-state index contributed by atoms with van der Waals surface area (Å²) in [6, 6.07) is 20.8. The number of carbonyl (C=O) groups excluding carboxylic acids is 1. The van der Waals surface area contributed by atoms with Gasteiger partial charge in [0.2, 0.25) is 5.91 Å². The molecule has 3 nitrogen and oxygen atoms in total. The zero-order valence-corrected chi connectivity index (χ0v) is 15.3. The molecular formula is C21H27ClN2O. The Morgan fingerprint density at radius 3 is 2.16 bits per heavy atom. The molecule has 1 atom stereocenters. The highest BCUT2D eigenvalue weighted by Gasteiger charge is 2.17. The molecule has 25 heavy (non-hydrogen) atoms. The minimum Gasteiger partial charge on any atom is -0.355 e. The van der Waals surface area contributed by atoms with Crippen molar-refractivity contribution in [2.24, 2.45) is 5.92 Å². The van der Waals surface area contributed by atoms with Gasteiger partial charge < -0.3 is 10.6 Å². The van der Waals surface area contributed by atoms with Crippen molar-refractivity contribution in [1.29, 1.82) is 0 Å². The van der Waals surface area contributed by atoms with E-state index in [4.69, 9.17) is 0 Å². The van der Waals surface area contributed by atoms with Crippen LogP contribution < -0.4 is 10.6 Å². The molecule has 1 amide bonds. The van der Waals surface area contributed by atoms with E-state index in [-0.39, 0.29) is 24.2 Å². The molecule has 2 aromatic carbocycles. The lowest BCUT2D eigenvalue weighted by molar-refractivity contribution is -0.121. The second kappa shape index (κ2) is 10.2. The van der Waals surface area contributed by atoms with Crippen LogP contribution in [0.15, 0.2) is 60.7 Å². The predicted octanol–water partition coefficient (Wildman–Crippen LogP) is 3.75. The Balaban J connectivity index is 0.00000225. The number of carbonyl (C=O) groups is 1. The zero-order valence-electron chi connectivity index (χ0n) is 14.5. The van der Waals surface area contributed by atoms with Gasteiger partial charge in [-0.1, -0.05) is 60.7 Å². The maximum absolute atomic E-state index is 12.2. The van der Waals surface area contributed by atoms with Gasteiger partial charge in [0.15, 0.2) is 0 Å². The van der Waals surface area contributed by atoms with Crippen molar-refractivity contribution in [2.45, 2.75) is 25.2 Å². The Hall–Kier alpha value is -1.84. The SMILES string of the molecule is Cl.O=C(CCC1CCNC1)NCC(c1ccccc1)c1ccccc1. The molecule has 0 aromatic heterocycles. The summed E-state index contributed by atoms with van der Waals surface area (Å²) in [5.41, 5.74) is 2.48. The molecule has 0 spiro atoms. The summed E-state index contributed by atoms with van der Waals surface area (Å²) in [6.07, 6.45) is 2.81. The Kier molecular flexibility index (Phi) is 7.96. The Labute approximate surface area is 156 Å². The molecular weight excluding hydrogens is 332 g/mol. The smallest absolute Gasteiger partial charge is 0.220 e. The summed E-state index contributed by atoms with van der Waals surface area (Å²) in [7, 11) is 0. The van der Waals surface area contributed by atoms with Gasteiger partial charge in [-0.2, -0.15) is 0 Å². The van der Waals surface area contributed by atoms with Crippen LogP contribution in [0.5, 0.6) is 0 Å². The highest BCUT2D eigenvalue weighted by atomic mass is 35.5. The standard InChI is InChI=1S/C21H26N2O.ClH/c24-21(12-11-17-13-14-22-15-17)23-16-20(18-7-3-1-4-8-18)19-9-5-2-6-10-19;/h1-10,17,20,22H,11-16H2,(H,23,24);1H. The molecule has 2 aromatic rings. The average Bonchev–Trinajstić information content (AvgIpc) is 3.16. The molecule has 134 valence electrons. The summed E-state index contributed by atoms with van der Waals surface area (Å²) < 4.78 is 0. The van der Waals surface area contributed by atoms with Gasteiger partial charge in [-0.15, -0.1) is 12.4 Å². The second-order valence-corrected chi connectivity index (χ2v) is 6.58. The van der Waals surface area contributed by atoms with Crippen molar-refractivity contribution in [1.82, 2.24) is 10.6 Å². The van der Waals surface area contributed by atoms with Gasteiger partial charge in [0.25, 0.3) is 0 Å². The fourth-order valence-corrected chi connectivity index (χ4v) is 3.40. The molecule has 1 heterocycles. The molecule has 1 fully saturated rings. The number of benzene rings is 2. The summed E-state index contributed by atoms with van der Waals surface area (Å²) in [6.45, 7) is 2.80. The molecule has 4 heteroatoms. The summed E-state index contributed by atoms with van der Waals surface area (Å²) in [5, 5.41) is 6.50. The van der Waals surface area contributed by atoms with Crippen molar-refractivity contribution in [3.8, 4) is 0 Å². The molecule has 1 saturated heterocycles. The number of hydrogen-bond donors (Lipinski definition) is 2. The Morgan fingerprint density at radius 1 is 1.04 bits per heavy atom. The van der Waals surface area contributed by atoms with Gasteiger partial charge in [0.05, 0.1) is 0 Å². The largest absolute Gasteiger partial charge is 0.355 e. The first-order valence-electron chi connectivity index (χ1n) is 8.90. The van der Waals surface area contributed by atoms with E-state index in [9.17, 15) is 4.79 Å². The van der Waals surface area contributed by atoms with Gasteiger partial charge in [-0.05, 0) is 43.0 Å². The lowest BCUT2D eigenvalue weighted by Gasteiger charge is -2.19. The van der Waals surface area contributed by atoms with E-state index in [0.717, 1.165) is 19.5 Å². The molecule has 1 unspecified atom stereocenters. The number of amides is 1. The van der Waals surface area contributed by atoms with Crippen molar-refractivity contribution in [3.63, 3.8) is 0 Å². The van der Waals surface area contributed by atoms with Crippen LogP contribution in [0.3, 0.4) is 0 Å². The number of nitrogens with one attached hydrogen (secondary N) is 2. The fraction of sp³-hybridized carbons (Fsp3) is 0.381. The van der Waals surface area contributed by atoms with Crippen LogP contribution in [-0.2, 0) is 4.79 Å². The quantitative estimate of drug-likeness (QED) is 0.791. The van der Waals surface area contributed by atoms with E-state index in [1.807, 2.05) is 12.1 Å². The Bertz CT molecular complexity index is 587. The van der Waals surface area contributed by atoms with Crippen molar-refractivity contribution < 1.29 is 4.79 Å². The highest BCUT2D eigenvalue weighted by molar-refractivity contribution is 5.85. The van der Waals surface area contributed by atoms with E-state index in [2.05, 4.69) is 59.2 Å². The van der Waals surface area contributed by atoms with E-state index >= 15 is 0 Å². The third-order valence-corrected chi connectivity index (χ3v) is 4.85. The molecule has 0 aliphatic carbocycles. The average molecular weight is 359 g/mol. The molecule has 1 aliphatic heterocycles. The number of hydrogen-bond acceptors (Lipinski definition) is 2. The number of halogens is 1. The van der Waals surface area contributed by atoms with Crippen LogP contribution in [0, 0.1) is 5.92 Å². The predicted molar refractivity (Wildman–Crippen MR) is 105 cm³/mol. The minimum absolute atomic E-state index is 0. The first-order chi connectivity index (χ1) is 11.8. The zero-order chi connectivity index (χ0) is 16.6. The van der Waals surface area contributed by atoms with Crippen LogP contribution in [-0.4, -0.2) is 25.5 Å². The van der Waals surface area contributed by atoms with Crippen LogP contribution >= 0.6 is 12.4 Å². The molecule has 0 saturated carbocycles. The molecule has 0 radical (unpaired) electrons. The van der Waals surface area contributed by atoms with Gasteiger partial charge >= 0.3 is 0 Å². The lowest BCUT2D eigenvalue weighted by Crippen LogP contribution is -2.29. The number of rotatable bonds is 7. The topological polar surface area (TPSA) is 41.1 Å². The summed E-state index contributed by atoms with van der Waals surface area (Å²) >= 11 is 0. The molecule has 2 N–H and O–H groups in total. The maximum atomic E-state index is 12.2. The fourth-order valence-electron chi connectivity index (χ4n) is 3.40. The third-order valence-electron chi connectivity index (χ3n) is 4.85. The van der Waals surface area contributed by atoms with Crippen LogP contribution in [0.4, 0.5) is 0 Å². The highest BCUT2D eigenvalue weighted by Crippen LogP contribution is 2.23. The molecule has 3 rings (SSSR count). The maximum Gasteiger partial charge on any atom is 0.220 e. The van der Waals surface area contributed by atoms with Gasteiger partial charge in [-0.3, -0.25) is 4.79 Å². The lowest BCUT2D eigenvalue weighted by atomic mass is 9.91. The van der Waals surface area contributed by atoms with E-state index in [1.54, 1.807) is 0 Å². The Morgan fingerprint density at radius 2 is 1.64 bits per heavy atom. The van der Waals surface area contributed by atoms with Crippen molar-refractivity contribution in [3.05, 3.63) is 71.8 Å². The minimum atomic E-state index is 0. The van der Waals surface area contributed by atoms with E-state index in [0.29, 0.717) is 18.9 Å². The first kappa shape index (κ1) is 19.5. The van der Waals surface area contributed by atoms with Crippen molar-refractivity contribution in [2.75, 3.05) is 19.6 Å². The molecule has 0 bridgehead atoms. The summed E-state index contributed by atoms with van der Waals surface area (Å²) in [4.78, 5) is 12.2. The van der Waals surface area contributed by atoms with Gasteiger partial charge in [0, 0.05) is 18.9 Å². The summed E-state index contributed by atoms with van der Waals surface area (Å²) in [5.74, 6) is 1.03. The second-order valence-electron chi connectivity index (χ2n) is 6.58. The van der Waals surface area contributed by atoms with Gasteiger partial charge in [-0.25, -0.2) is 0 Å². The van der Waals surface area contributed by atoms with E-state index < -0.39 is 0 Å². The van der Waals surface area contributed by atoms with E-state index in [1.165, 1.54) is 17.5 Å². The monoisotopic (exact) mass is 358 g/mol. The van der Waals surface area contributed by atoms with Crippen LogP contribution in [0.1, 0.15) is 36.3 Å². The first-order valence-corrected chi connectivity index (χ1v) is 8.90. The van der Waals surface area contributed by atoms with Crippen LogP contribution in [0.25, 0.3) is 0 Å². The third kappa shape index (κ3) is 5.87. The van der Waals surface area contributed by atoms with Gasteiger partial charge in [0.1, 0.15) is 0 Å². The van der Waals surface area contributed by atoms with Crippen LogP contribution in [0.2, 0.25) is 0 Å².